The van der Waals surface area contributed by atoms with Crippen LogP contribution >= 0.6 is 11.3 Å². The van der Waals surface area contributed by atoms with E-state index in [0.717, 1.165) is 24.8 Å². The Morgan fingerprint density at radius 2 is 2.21 bits per heavy atom. The minimum absolute atomic E-state index is 0.0456. The van der Waals surface area contributed by atoms with Gasteiger partial charge in [0.1, 0.15) is 17.7 Å². The van der Waals surface area contributed by atoms with Crippen LogP contribution in [0.15, 0.2) is 0 Å². The Labute approximate surface area is 117 Å². The molecule has 0 atom stereocenters. The number of carbonyl (C=O) groups is 1. The smallest absolute Gasteiger partial charge is 0.251 e. The van der Waals surface area contributed by atoms with Gasteiger partial charge in [-0.3, -0.25) is 4.79 Å². The average molecular weight is 278 g/mol. The molecule has 4 nitrogen and oxygen atoms in total. The largest absolute Gasteiger partial charge is 0.372 e. The van der Waals surface area contributed by atoms with Crippen LogP contribution in [0.3, 0.4) is 0 Å². The summed E-state index contributed by atoms with van der Waals surface area (Å²) in [4.78, 5) is 12.9. The summed E-state index contributed by atoms with van der Waals surface area (Å²) in [6.07, 6.45) is 5.50. The number of nitrogens with zero attached hydrogens (tertiary/aromatic N) is 1. The Morgan fingerprint density at radius 1 is 1.42 bits per heavy atom. The SMILES string of the molecule is CCOCC(=O)Nc1sc2c(c1C#N)CCCCC2. The summed E-state index contributed by atoms with van der Waals surface area (Å²) in [7, 11) is 0. The van der Waals surface area contributed by atoms with Crippen molar-refractivity contribution in [2.75, 3.05) is 18.5 Å². The molecule has 19 heavy (non-hydrogen) atoms. The number of carbonyl (C=O) groups excluding carboxylic acids is 1. The van der Waals surface area contributed by atoms with E-state index in [9.17, 15) is 10.1 Å². The van der Waals surface area contributed by atoms with E-state index in [1.807, 2.05) is 6.92 Å². The monoisotopic (exact) mass is 278 g/mol. The first-order chi connectivity index (χ1) is 9.26. The van der Waals surface area contributed by atoms with E-state index in [1.54, 1.807) is 11.3 Å². The molecule has 0 radical (unpaired) electrons. The third kappa shape index (κ3) is 3.34. The van der Waals surface area contributed by atoms with E-state index in [4.69, 9.17) is 4.74 Å². The molecule has 0 fully saturated rings. The third-order valence-corrected chi connectivity index (χ3v) is 4.43. The number of aryl methyl sites for hydroxylation is 1. The maximum absolute atomic E-state index is 11.7. The molecule has 1 aliphatic rings. The number of hydrogen-bond donors (Lipinski definition) is 1. The molecule has 0 aliphatic heterocycles. The van der Waals surface area contributed by atoms with E-state index >= 15 is 0 Å². The molecule has 0 unspecified atom stereocenters. The molecule has 0 aromatic carbocycles. The Kier molecular flexibility index (Phi) is 4.94. The highest BCUT2D eigenvalue weighted by molar-refractivity contribution is 7.16. The van der Waals surface area contributed by atoms with E-state index in [0.29, 0.717) is 17.2 Å². The molecule has 1 amide bonds. The van der Waals surface area contributed by atoms with Crippen LogP contribution in [-0.2, 0) is 22.4 Å². The van der Waals surface area contributed by atoms with Crippen molar-refractivity contribution in [3.63, 3.8) is 0 Å². The maximum atomic E-state index is 11.7. The number of anilines is 1. The second-order valence-electron chi connectivity index (χ2n) is 4.57. The van der Waals surface area contributed by atoms with Crippen LogP contribution in [0.5, 0.6) is 0 Å². The fourth-order valence-corrected chi connectivity index (χ4v) is 3.56. The highest BCUT2D eigenvalue weighted by Crippen LogP contribution is 2.36. The number of thiophene rings is 1. The first-order valence-corrected chi connectivity index (χ1v) is 7.50. The fraction of sp³-hybridized carbons (Fsp3) is 0.571. The quantitative estimate of drug-likeness (QED) is 0.861. The zero-order chi connectivity index (χ0) is 13.7. The molecule has 5 heteroatoms. The first-order valence-electron chi connectivity index (χ1n) is 6.68. The van der Waals surface area contributed by atoms with Gasteiger partial charge in [-0.1, -0.05) is 6.42 Å². The lowest BCUT2D eigenvalue weighted by molar-refractivity contribution is -0.120. The minimum atomic E-state index is -0.185. The molecule has 1 aromatic rings. The minimum Gasteiger partial charge on any atom is -0.372 e. The normalized spacial score (nSPS) is 14.3. The van der Waals surface area contributed by atoms with Gasteiger partial charge >= 0.3 is 0 Å². The molecule has 1 aromatic heterocycles. The Bertz CT molecular complexity index is 502. The Morgan fingerprint density at radius 3 is 2.95 bits per heavy atom. The number of rotatable bonds is 4. The van der Waals surface area contributed by atoms with Crippen LogP contribution in [0.1, 0.15) is 42.2 Å². The van der Waals surface area contributed by atoms with Crippen molar-refractivity contribution in [2.45, 2.75) is 39.0 Å². The zero-order valence-corrected chi connectivity index (χ0v) is 11.9. The van der Waals surface area contributed by atoms with E-state index in [2.05, 4.69) is 11.4 Å². The number of ether oxygens (including phenoxy) is 1. The van der Waals surface area contributed by atoms with Gasteiger partial charge in [-0.2, -0.15) is 5.26 Å². The summed E-state index contributed by atoms with van der Waals surface area (Å²) in [5, 5.41) is 12.8. The van der Waals surface area contributed by atoms with Gasteiger partial charge in [0.2, 0.25) is 0 Å². The van der Waals surface area contributed by atoms with Crippen molar-refractivity contribution in [2.24, 2.45) is 0 Å². The van der Waals surface area contributed by atoms with Crippen LogP contribution in [-0.4, -0.2) is 19.1 Å². The average Bonchev–Trinajstić information content (AvgIpc) is 2.58. The predicted molar refractivity (Wildman–Crippen MR) is 75.4 cm³/mol. The van der Waals surface area contributed by atoms with Gasteiger partial charge in [0.05, 0.1) is 5.56 Å². The molecule has 1 N–H and O–H groups in total. The van der Waals surface area contributed by atoms with Crippen LogP contribution in [0.25, 0.3) is 0 Å². The second-order valence-corrected chi connectivity index (χ2v) is 5.67. The molecule has 0 saturated heterocycles. The summed E-state index contributed by atoms with van der Waals surface area (Å²) in [5.74, 6) is -0.185. The number of fused-ring (bicyclic) bond motifs is 1. The standard InChI is InChI=1S/C14H18N2O2S/c1-2-18-9-13(17)16-14-11(8-15)10-6-4-3-5-7-12(10)19-14/h2-7,9H2,1H3,(H,16,17). The highest BCUT2D eigenvalue weighted by Gasteiger charge is 2.20. The molecule has 1 aliphatic carbocycles. The van der Waals surface area contributed by atoms with Gasteiger partial charge in [-0.05, 0) is 38.2 Å². The van der Waals surface area contributed by atoms with Gasteiger partial charge < -0.3 is 10.1 Å². The number of amides is 1. The molecule has 0 bridgehead atoms. The topological polar surface area (TPSA) is 62.1 Å². The van der Waals surface area contributed by atoms with Crippen molar-refractivity contribution < 1.29 is 9.53 Å². The number of nitrogens with one attached hydrogen (secondary N) is 1. The lowest BCUT2D eigenvalue weighted by Crippen LogP contribution is -2.18. The summed E-state index contributed by atoms with van der Waals surface area (Å²) in [5.41, 5.74) is 1.81. The van der Waals surface area contributed by atoms with Gasteiger partial charge in [-0.25, -0.2) is 0 Å². The summed E-state index contributed by atoms with van der Waals surface area (Å²) in [6.45, 7) is 2.41. The van der Waals surface area contributed by atoms with Crippen molar-refractivity contribution in [1.82, 2.24) is 0 Å². The lowest BCUT2D eigenvalue weighted by atomic mass is 10.1. The summed E-state index contributed by atoms with van der Waals surface area (Å²) in [6, 6.07) is 2.25. The Hall–Kier alpha value is -1.38. The molecular weight excluding hydrogens is 260 g/mol. The Balaban J connectivity index is 2.17. The number of hydrogen-bond acceptors (Lipinski definition) is 4. The van der Waals surface area contributed by atoms with Crippen LogP contribution in [0.2, 0.25) is 0 Å². The van der Waals surface area contributed by atoms with Gasteiger partial charge in [-0.15, -0.1) is 11.3 Å². The fourth-order valence-electron chi connectivity index (χ4n) is 2.31. The summed E-state index contributed by atoms with van der Waals surface area (Å²) < 4.78 is 5.07. The van der Waals surface area contributed by atoms with Crippen LogP contribution in [0, 0.1) is 11.3 Å². The zero-order valence-electron chi connectivity index (χ0n) is 11.1. The predicted octanol–water partition coefficient (Wildman–Crippen LogP) is 2.86. The van der Waals surface area contributed by atoms with Crippen molar-refractivity contribution >= 4 is 22.2 Å². The molecule has 2 rings (SSSR count). The molecular formula is C14H18N2O2S. The first kappa shape index (κ1) is 14.0. The van der Waals surface area contributed by atoms with Gasteiger partial charge in [0, 0.05) is 11.5 Å². The van der Waals surface area contributed by atoms with Crippen molar-refractivity contribution in [1.29, 1.82) is 5.26 Å². The number of nitriles is 1. The third-order valence-electron chi connectivity index (χ3n) is 3.22. The maximum Gasteiger partial charge on any atom is 0.251 e. The van der Waals surface area contributed by atoms with E-state index in [1.165, 1.54) is 17.7 Å². The van der Waals surface area contributed by atoms with Crippen molar-refractivity contribution in [3.8, 4) is 6.07 Å². The van der Waals surface area contributed by atoms with Crippen LogP contribution < -0.4 is 5.32 Å². The highest BCUT2D eigenvalue weighted by atomic mass is 32.1. The van der Waals surface area contributed by atoms with Crippen LogP contribution in [0.4, 0.5) is 5.00 Å². The van der Waals surface area contributed by atoms with Gasteiger partial charge in [0.15, 0.2) is 0 Å². The van der Waals surface area contributed by atoms with E-state index < -0.39 is 0 Å². The summed E-state index contributed by atoms with van der Waals surface area (Å²) >= 11 is 1.55. The van der Waals surface area contributed by atoms with Crippen molar-refractivity contribution in [3.05, 3.63) is 16.0 Å². The second kappa shape index (κ2) is 6.69. The molecule has 0 saturated carbocycles. The molecule has 102 valence electrons. The van der Waals surface area contributed by atoms with Gasteiger partial charge in [0.25, 0.3) is 5.91 Å². The van der Waals surface area contributed by atoms with E-state index in [-0.39, 0.29) is 12.5 Å². The molecule has 0 spiro atoms. The molecule has 1 heterocycles. The lowest BCUT2D eigenvalue weighted by Gasteiger charge is -2.03.